The van der Waals surface area contributed by atoms with Crippen LogP contribution in [0.2, 0.25) is 0 Å². The van der Waals surface area contributed by atoms with Crippen LogP contribution >= 0.6 is 0 Å². The highest BCUT2D eigenvalue weighted by atomic mass is 19.4. The zero-order valence-corrected chi connectivity index (χ0v) is 11.2. The largest absolute Gasteiger partial charge is 0.496 e. The average molecular weight is 276 g/mol. The maximum atomic E-state index is 13.0. The quantitative estimate of drug-likeness (QED) is 0.897. The summed E-state index contributed by atoms with van der Waals surface area (Å²) in [6, 6.07) is 4.31. The van der Waals surface area contributed by atoms with E-state index in [4.69, 9.17) is 10.5 Å². The summed E-state index contributed by atoms with van der Waals surface area (Å²) in [7, 11) is 2.90. The van der Waals surface area contributed by atoms with Crippen LogP contribution in [0, 0.1) is 0 Å². The molecule has 2 N–H and O–H groups in total. The van der Waals surface area contributed by atoms with Gasteiger partial charge in [0, 0.05) is 18.2 Å². The lowest BCUT2D eigenvalue weighted by atomic mass is 10.1. The number of halogens is 3. The van der Waals surface area contributed by atoms with Crippen LogP contribution in [0.15, 0.2) is 24.3 Å². The Kier molecular flexibility index (Phi) is 5.20. The second-order valence-electron chi connectivity index (χ2n) is 4.57. The van der Waals surface area contributed by atoms with Crippen LogP contribution < -0.4 is 10.5 Å². The summed E-state index contributed by atoms with van der Waals surface area (Å²) in [6.45, 7) is 1.48. The smallest absolute Gasteiger partial charge is 0.405 e. The molecular formula is C13H19F3N2O. The van der Waals surface area contributed by atoms with Crippen LogP contribution in [0.4, 0.5) is 13.2 Å². The third-order valence-electron chi connectivity index (χ3n) is 2.92. The van der Waals surface area contributed by atoms with Gasteiger partial charge in [0.2, 0.25) is 0 Å². The summed E-state index contributed by atoms with van der Waals surface area (Å²) in [5.74, 6) is 0.569. The van der Waals surface area contributed by atoms with Crippen molar-refractivity contribution in [3.63, 3.8) is 0 Å². The summed E-state index contributed by atoms with van der Waals surface area (Å²) in [4.78, 5) is 1.20. The first-order valence-electron chi connectivity index (χ1n) is 5.91. The fourth-order valence-electron chi connectivity index (χ4n) is 2.15. The van der Waals surface area contributed by atoms with E-state index in [1.807, 2.05) is 0 Å². The molecule has 0 aliphatic carbocycles. The molecule has 0 saturated carbocycles. The molecular weight excluding hydrogens is 257 g/mol. The molecule has 0 aromatic heterocycles. The Bertz CT molecular complexity index is 407. The predicted molar refractivity (Wildman–Crippen MR) is 68.0 cm³/mol. The highest BCUT2D eigenvalue weighted by Crippen LogP contribution is 2.28. The summed E-state index contributed by atoms with van der Waals surface area (Å²) < 4.78 is 44.0. The van der Waals surface area contributed by atoms with E-state index in [-0.39, 0.29) is 6.54 Å². The predicted octanol–water partition coefficient (Wildman–Crippen LogP) is 2.41. The van der Waals surface area contributed by atoms with Crippen molar-refractivity contribution >= 4 is 0 Å². The Balaban J connectivity index is 2.91. The Hall–Kier alpha value is -1.27. The number of hydrogen-bond acceptors (Lipinski definition) is 3. The van der Waals surface area contributed by atoms with Gasteiger partial charge in [-0.3, -0.25) is 4.90 Å². The van der Waals surface area contributed by atoms with E-state index in [1.165, 1.54) is 26.0 Å². The third kappa shape index (κ3) is 4.11. The van der Waals surface area contributed by atoms with Gasteiger partial charge in [0.25, 0.3) is 0 Å². The number of ether oxygens (including phenoxy) is 1. The molecule has 0 saturated heterocycles. The maximum absolute atomic E-state index is 13.0. The van der Waals surface area contributed by atoms with Crippen molar-refractivity contribution in [2.75, 3.05) is 14.2 Å². The van der Waals surface area contributed by atoms with Crippen molar-refractivity contribution in [3.8, 4) is 5.75 Å². The molecule has 6 heteroatoms. The van der Waals surface area contributed by atoms with Crippen molar-refractivity contribution in [2.45, 2.75) is 31.7 Å². The van der Waals surface area contributed by atoms with Gasteiger partial charge in [-0.15, -0.1) is 0 Å². The van der Waals surface area contributed by atoms with Gasteiger partial charge in [-0.2, -0.15) is 13.2 Å². The van der Waals surface area contributed by atoms with Crippen LogP contribution in [-0.2, 0) is 6.54 Å². The molecule has 0 heterocycles. The molecule has 0 aliphatic heterocycles. The molecule has 1 aromatic rings. The molecule has 19 heavy (non-hydrogen) atoms. The second kappa shape index (κ2) is 6.25. The summed E-state index contributed by atoms with van der Waals surface area (Å²) >= 11 is 0. The van der Waals surface area contributed by atoms with E-state index >= 15 is 0 Å². The SMILES string of the molecule is COc1ccccc1CN(C)C(C(C)N)C(F)(F)F. The zero-order valence-electron chi connectivity index (χ0n) is 11.2. The number of nitrogens with zero attached hydrogens (tertiary/aromatic N) is 1. The van der Waals surface area contributed by atoms with Crippen LogP contribution in [0.25, 0.3) is 0 Å². The fraction of sp³-hybridized carbons (Fsp3) is 0.538. The molecule has 0 bridgehead atoms. The topological polar surface area (TPSA) is 38.5 Å². The number of rotatable bonds is 5. The monoisotopic (exact) mass is 276 g/mol. The lowest BCUT2D eigenvalue weighted by molar-refractivity contribution is -0.186. The van der Waals surface area contributed by atoms with Crippen molar-refractivity contribution < 1.29 is 17.9 Å². The van der Waals surface area contributed by atoms with Gasteiger partial charge in [0.1, 0.15) is 11.8 Å². The van der Waals surface area contributed by atoms with E-state index in [9.17, 15) is 13.2 Å². The van der Waals surface area contributed by atoms with E-state index in [1.54, 1.807) is 24.3 Å². The van der Waals surface area contributed by atoms with Crippen molar-refractivity contribution in [1.82, 2.24) is 4.90 Å². The number of alkyl halides is 3. The summed E-state index contributed by atoms with van der Waals surface area (Å²) in [6.07, 6.45) is -4.36. The number of benzene rings is 1. The van der Waals surface area contributed by atoms with E-state index < -0.39 is 18.3 Å². The average Bonchev–Trinajstić information content (AvgIpc) is 2.27. The van der Waals surface area contributed by atoms with Gasteiger partial charge in [0.15, 0.2) is 0 Å². The number of methoxy groups -OCH3 is 1. The third-order valence-corrected chi connectivity index (χ3v) is 2.92. The number of hydrogen-bond donors (Lipinski definition) is 1. The van der Waals surface area contributed by atoms with Gasteiger partial charge in [-0.05, 0) is 20.0 Å². The number of para-hydroxylation sites is 1. The van der Waals surface area contributed by atoms with Crippen molar-refractivity contribution in [2.24, 2.45) is 5.73 Å². The number of nitrogens with two attached hydrogens (primary N) is 1. The lowest BCUT2D eigenvalue weighted by Gasteiger charge is -2.32. The standard InChI is InChI=1S/C13H19F3N2O/c1-9(17)12(13(14,15)16)18(2)8-10-6-4-5-7-11(10)19-3/h4-7,9,12H,8,17H2,1-3H3. The van der Waals surface area contributed by atoms with E-state index in [0.717, 1.165) is 0 Å². The van der Waals surface area contributed by atoms with E-state index in [2.05, 4.69) is 0 Å². The lowest BCUT2D eigenvalue weighted by Crippen LogP contribution is -2.53. The molecule has 3 nitrogen and oxygen atoms in total. The van der Waals surface area contributed by atoms with Gasteiger partial charge in [0.05, 0.1) is 7.11 Å². The van der Waals surface area contributed by atoms with Crippen molar-refractivity contribution in [3.05, 3.63) is 29.8 Å². The van der Waals surface area contributed by atoms with Gasteiger partial charge < -0.3 is 10.5 Å². The summed E-state index contributed by atoms with van der Waals surface area (Å²) in [5.41, 5.74) is 6.15. The Labute approximate surface area is 111 Å². The minimum Gasteiger partial charge on any atom is -0.496 e. The molecule has 1 rings (SSSR count). The second-order valence-corrected chi connectivity index (χ2v) is 4.57. The number of likely N-dealkylation sites (N-methyl/N-ethyl adjacent to an activating group) is 1. The minimum absolute atomic E-state index is 0.121. The first kappa shape index (κ1) is 15.8. The van der Waals surface area contributed by atoms with Crippen LogP contribution in [-0.4, -0.2) is 37.3 Å². The highest BCUT2D eigenvalue weighted by molar-refractivity contribution is 5.33. The molecule has 0 radical (unpaired) electrons. The normalized spacial score (nSPS) is 15.4. The molecule has 0 amide bonds. The Morgan fingerprint density at radius 1 is 1.32 bits per heavy atom. The molecule has 0 fully saturated rings. The molecule has 1 aromatic carbocycles. The molecule has 2 atom stereocenters. The molecule has 2 unspecified atom stereocenters. The minimum atomic E-state index is -4.36. The first-order chi connectivity index (χ1) is 8.77. The Morgan fingerprint density at radius 3 is 2.37 bits per heavy atom. The van der Waals surface area contributed by atoms with Gasteiger partial charge in [-0.25, -0.2) is 0 Å². The first-order valence-corrected chi connectivity index (χ1v) is 5.91. The van der Waals surface area contributed by atoms with Crippen LogP contribution in [0.5, 0.6) is 5.75 Å². The van der Waals surface area contributed by atoms with Crippen LogP contribution in [0.3, 0.4) is 0 Å². The fourth-order valence-corrected chi connectivity index (χ4v) is 2.15. The van der Waals surface area contributed by atoms with Crippen LogP contribution in [0.1, 0.15) is 12.5 Å². The Morgan fingerprint density at radius 2 is 1.89 bits per heavy atom. The van der Waals surface area contributed by atoms with Crippen molar-refractivity contribution in [1.29, 1.82) is 0 Å². The maximum Gasteiger partial charge on any atom is 0.405 e. The highest BCUT2D eigenvalue weighted by Gasteiger charge is 2.44. The van der Waals surface area contributed by atoms with Gasteiger partial charge >= 0.3 is 6.18 Å². The molecule has 0 aliphatic rings. The summed E-state index contributed by atoms with van der Waals surface area (Å²) in [5, 5.41) is 0. The van der Waals surface area contributed by atoms with E-state index in [0.29, 0.717) is 11.3 Å². The zero-order chi connectivity index (χ0) is 14.6. The molecule has 108 valence electrons. The molecule has 0 spiro atoms. The van der Waals surface area contributed by atoms with Gasteiger partial charge in [-0.1, -0.05) is 18.2 Å².